The van der Waals surface area contributed by atoms with Crippen molar-refractivity contribution in [2.24, 2.45) is 0 Å². The molecule has 1 unspecified atom stereocenters. The number of hydrogen-bond donors (Lipinski definition) is 0. The lowest BCUT2D eigenvalue weighted by Crippen LogP contribution is -2.10. The Morgan fingerprint density at radius 2 is 2.12 bits per heavy atom. The molecule has 17 heavy (non-hydrogen) atoms. The molecule has 1 aromatic carbocycles. The molecule has 0 aliphatic rings. The normalized spacial score (nSPS) is 13.2. The van der Waals surface area contributed by atoms with Crippen LogP contribution in [0.2, 0.25) is 0 Å². The van der Waals surface area contributed by atoms with Crippen LogP contribution in [-0.4, -0.2) is 13.4 Å². The number of alkyl halides is 2. The Morgan fingerprint density at radius 3 is 2.59 bits per heavy atom. The third kappa shape index (κ3) is 3.25. The standard InChI is InChI=1S/C13H16F2O2/c1-9(6-7-16)10-4-5-12(17-3)11(8-10)13(2,14)15/h4-5,7-9H,6H2,1-3H3. The summed E-state index contributed by atoms with van der Waals surface area (Å²) in [5, 5.41) is 0. The van der Waals surface area contributed by atoms with E-state index in [0.717, 1.165) is 18.8 Å². The predicted octanol–water partition coefficient (Wildman–Crippen LogP) is 3.50. The number of benzene rings is 1. The first-order valence-corrected chi connectivity index (χ1v) is 5.40. The molecule has 0 bridgehead atoms. The van der Waals surface area contributed by atoms with Crippen molar-refractivity contribution in [3.05, 3.63) is 29.3 Å². The summed E-state index contributed by atoms with van der Waals surface area (Å²) in [6.45, 7) is 2.66. The van der Waals surface area contributed by atoms with Crippen molar-refractivity contribution in [1.29, 1.82) is 0 Å². The first-order valence-electron chi connectivity index (χ1n) is 5.40. The molecule has 1 aromatic rings. The first-order chi connectivity index (χ1) is 7.90. The summed E-state index contributed by atoms with van der Waals surface area (Å²) >= 11 is 0. The van der Waals surface area contributed by atoms with Gasteiger partial charge < -0.3 is 9.53 Å². The minimum Gasteiger partial charge on any atom is -0.496 e. The van der Waals surface area contributed by atoms with E-state index < -0.39 is 5.92 Å². The van der Waals surface area contributed by atoms with Crippen LogP contribution in [0.4, 0.5) is 8.78 Å². The Hall–Kier alpha value is -1.45. The Labute approximate surface area is 99.6 Å². The highest BCUT2D eigenvalue weighted by Gasteiger charge is 2.29. The number of halogens is 2. The van der Waals surface area contributed by atoms with Gasteiger partial charge >= 0.3 is 0 Å². The molecule has 4 heteroatoms. The van der Waals surface area contributed by atoms with Crippen molar-refractivity contribution in [1.82, 2.24) is 0 Å². The van der Waals surface area contributed by atoms with Crippen LogP contribution in [-0.2, 0) is 10.7 Å². The lowest BCUT2D eigenvalue weighted by molar-refractivity contribution is -0.108. The van der Waals surface area contributed by atoms with Gasteiger partial charge in [0, 0.05) is 13.3 Å². The number of hydrogen-bond acceptors (Lipinski definition) is 2. The molecule has 2 nitrogen and oxygen atoms in total. The van der Waals surface area contributed by atoms with Gasteiger partial charge in [-0.2, -0.15) is 0 Å². The monoisotopic (exact) mass is 242 g/mol. The summed E-state index contributed by atoms with van der Waals surface area (Å²) < 4.78 is 31.7. The second kappa shape index (κ2) is 5.25. The van der Waals surface area contributed by atoms with Crippen molar-refractivity contribution in [2.45, 2.75) is 32.1 Å². The average molecular weight is 242 g/mol. The first kappa shape index (κ1) is 13.6. The quantitative estimate of drug-likeness (QED) is 0.739. The average Bonchev–Trinajstić information content (AvgIpc) is 2.27. The molecule has 0 heterocycles. The van der Waals surface area contributed by atoms with Crippen LogP contribution in [0, 0.1) is 0 Å². The maximum atomic E-state index is 13.4. The highest BCUT2D eigenvalue weighted by Crippen LogP contribution is 2.36. The molecule has 0 fully saturated rings. The van der Waals surface area contributed by atoms with Crippen molar-refractivity contribution < 1.29 is 18.3 Å². The molecule has 1 rings (SSSR count). The van der Waals surface area contributed by atoms with Gasteiger partial charge in [0.1, 0.15) is 12.0 Å². The van der Waals surface area contributed by atoms with Crippen LogP contribution < -0.4 is 4.74 Å². The Balaban J connectivity index is 3.17. The van der Waals surface area contributed by atoms with Crippen molar-refractivity contribution in [3.63, 3.8) is 0 Å². The van der Waals surface area contributed by atoms with Gasteiger partial charge in [0.2, 0.25) is 0 Å². The Morgan fingerprint density at radius 1 is 1.47 bits per heavy atom. The SMILES string of the molecule is COc1ccc(C(C)CC=O)cc1C(C)(F)F. The van der Waals surface area contributed by atoms with Crippen LogP contribution >= 0.6 is 0 Å². The van der Waals surface area contributed by atoms with Crippen LogP contribution in [0.5, 0.6) is 5.75 Å². The van der Waals surface area contributed by atoms with Gasteiger partial charge in [-0.05, 0) is 23.6 Å². The van der Waals surface area contributed by atoms with Crippen molar-refractivity contribution in [2.75, 3.05) is 7.11 Å². The van der Waals surface area contributed by atoms with Crippen molar-refractivity contribution in [3.8, 4) is 5.75 Å². The molecule has 1 atom stereocenters. The van der Waals surface area contributed by atoms with E-state index in [2.05, 4.69) is 0 Å². The molecule has 0 radical (unpaired) electrons. The highest BCUT2D eigenvalue weighted by molar-refractivity contribution is 5.52. The lowest BCUT2D eigenvalue weighted by Gasteiger charge is -2.18. The van der Waals surface area contributed by atoms with Crippen LogP contribution in [0.3, 0.4) is 0 Å². The second-order valence-electron chi connectivity index (χ2n) is 4.15. The van der Waals surface area contributed by atoms with E-state index in [1.165, 1.54) is 19.2 Å². The molecular formula is C13H16F2O2. The Kier molecular flexibility index (Phi) is 4.21. The molecule has 0 aliphatic carbocycles. The maximum absolute atomic E-state index is 13.4. The zero-order chi connectivity index (χ0) is 13.1. The Bertz CT molecular complexity index is 397. The zero-order valence-corrected chi connectivity index (χ0v) is 10.2. The van der Waals surface area contributed by atoms with Gasteiger partial charge in [0.05, 0.1) is 12.7 Å². The third-order valence-corrected chi connectivity index (χ3v) is 2.72. The van der Waals surface area contributed by atoms with Gasteiger partial charge in [-0.1, -0.05) is 13.0 Å². The zero-order valence-electron chi connectivity index (χ0n) is 10.2. The minimum atomic E-state index is -2.96. The van der Waals surface area contributed by atoms with E-state index in [9.17, 15) is 13.6 Å². The fourth-order valence-electron chi connectivity index (χ4n) is 1.66. The fourth-order valence-corrected chi connectivity index (χ4v) is 1.66. The molecule has 0 saturated carbocycles. The molecule has 0 amide bonds. The maximum Gasteiger partial charge on any atom is 0.274 e. The fraction of sp³-hybridized carbons (Fsp3) is 0.462. The van der Waals surface area contributed by atoms with Gasteiger partial charge in [-0.15, -0.1) is 0 Å². The van der Waals surface area contributed by atoms with Crippen LogP contribution in [0.25, 0.3) is 0 Å². The third-order valence-electron chi connectivity index (χ3n) is 2.72. The van der Waals surface area contributed by atoms with E-state index in [0.29, 0.717) is 6.42 Å². The lowest BCUT2D eigenvalue weighted by atomic mass is 9.95. The summed E-state index contributed by atoms with van der Waals surface area (Å²) in [5.41, 5.74) is 0.574. The number of ether oxygens (including phenoxy) is 1. The number of carbonyl (C=O) groups excluding carboxylic acids is 1. The molecule has 0 saturated heterocycles. The summed E-state index contributed by atoms with van der Waals surface area (Å²) in [6, 6.07) is 4.64. The minimum absolute atomic E-state index is 0.0699. The van der Waals surface area contributed by atoms with E-state index in [-0.39, 0.29) is 17.2 Å². The molecular weight excluding hydrogens is 226 g/mol. The summed E-state index contributed by atoms with van der Waals surface area (Å²) in [6.07, 6.45) is 1.11. The van der Waals surface area contributed by atoms with E-state index >= 15 is 0 Å². The van der Waals surface area contributed by atoms with Crippen LogP contribution in [0.1, 0.15) is 37.3 Å². The van der Waals surface area contributed by atoms with Crippen molar-refractivity contribution >= 4 is 6.29 Å². The highest BCUT2D eigenvalue weighted by atomic mass is 19.3. The molecule has 94 valence electrons. The largest absolute Gasteiger partial charge is 0.496 e. The van der Waals surface area contributed by atoms with Gasteiger partial charge in [-0.25, -0.2) is 8.78 Å². The number of methoxy groups -OCH3 is 1. The second-order valence-corrected chi connectivity index (χ2v) is 4.15. The molecule has 0 aromatic heterocycles. The summed E-state index contributed by atoms with van der Waals surface area (Å²) in [7, 11) is 1.36. The van der Waals surface area contributed by atoms with Gasteiger partial charge in [0.15, 0.2) is 0 Å². The summed E-state index contributed by atoms with van der Waals surface area (Å²) in [4.78, 5) is 10.4. The molecule has 0 N–H and O–H groups in total. The number of rotatable bonds is 5. The molecule has 0 aliphatic heterocycles. The topological polar surface area (TPSA) is 26.3 Å². The number of carbonyl (C=O) groups is 1. The predicted molar refractivity (Wildman–Crippen MR) is 61.7 cm³/mol. The number of aldehydes is 1. The van der Waals surface area contributed by atoms with E-state index in [1.54, 1.807) is 6.07 Å². The van der Waals surface area contributed by atoms with E-state index in [1.807, 2.05) is 6.92 Å². The molecule has 0 spiro atoms. The summed E-state index contributed by atoms with van der Waals surface area (Å²) in [5.74, 6) is -2.86. The van der Waals surface area contributed by atoms with Gasteiger partial charge in [0.25, 0.3) is 5.92 Å². The van der Waals surface area contributed by atoms with E-state index in [4.69, 9.17) is 4.74 Å². The smallest absolute Gasteiger partial charge is 0.274 e. The van der Waals surface area contributed by atoms with Gasteiger partial charge in [-0.3, -0.25) is 0 Å². The van der Waals surface area contributed by atoms with Crippen LogP contribution in [0.15, 0.2) is 18.2 Å².